The maximum atomic E-state index is 12.1. The predicted molar refractivity (Wildman–Crippen MR) is 80.1 cm³/mol. The van der Waals surface area contributed by atoms with Crippen molar-refractivity contribution in [3.05, 3.63) is 35.4 Å². The second-order valence-electron chi connectivity index (χ2n) is 5.60. The monoisotopic (exact) mass is 290 g/mol. The van der Waals surface area contributed by atoms with Crippen LogP contribution in [0.5, 0.6) is 0 Å². The van der Waals surface area contributed by atoms with Crippen molar-refractivity contribution in [3.63, 3.8) is 0 Å². The Morgan fingerprint density at radius 3 is 2.33 bits per heavy atom. The van der Waals surface area contributed by atoms with Crippen LogP contribution >= 0.6 is 0 Å². The molecule has 0 bridgehead atoms. The van der Waals surface area contributed by atoms with Gasteiger partial charge in [-0.2, -0.15) is 0 Å². The lowest BCUT2D eigenvalue weighted by molar-refractivity contribution is -0.142. The number of amides is 2. The Kier molecular flexibility index (Phi) is 4.96. The number of benzene rings is 1. The molecular formula is C16H22N2O3. The van der Waals surface area contributed by atoms with Gasteiger partial charge in [-0.15, -0.1) is 0 Å². The molecule has 2 atom stereocenters. The van der Waals surface area contributed by atoms with Crippen LogP contribution in [0.3, 0.4) is 0 Å². The summed E-state index contributed by atoms with van der Waals surface area (Å²) in [6.45, 7) is 7.02. The van der Waals surface area contributed by atoms with Gasteiger partial charge in [0.25, 0.3) is 5.91 Å². The standard InChI is InChI=1S/C16H22N2O3/c1-11-4-6-14(7-5-11)16(20)17-8-15(19)18-9-12(2)21-13(3)10-18/h4-7,12-13H,8-10H2,1-3H3,(H,17,20). The number of aryl methyl sites for hydroxylation is 1. The van der Waals surface area contributed by atoms with E-state index >= 15 is 0 Å². The summed E-state index contributed by atoms with van der Waals surface area (Å²) in [5.41, 5.74) is 1.66. The second-order valence-corrected chi connectivity index (χ2v) is 5.60. The van der Waals surface area contributed by atoms with Crippen LogP contribution in [0.25, 0.3) is 0 Å². The molecule has 0 aromatic heterocycles. The van der Waals surface area contributed by atoms with Crippen LogP contribution in [0.4, 0.5) is 0 Å². The Labute approximate surface area is 125 Å². The average Bonchev–Trinajstić information content (AvgIpc) is 2.44. The summed E-state index contributed by atoms with van der Waals surface area (Å²) in [6, 6.07) is 7.27. The number of hydrogen-bond donors (Lipinski definition) is 1. The van der Waals surface area contributed by atoms with Crippen LogP contribution in [-0.4, -0.2) is 48.6 Å². The third kappa shape index (κ3) is 4.29. The van der Waals surface area contributed by atoms with Gasteiger partial charge in [-0.05, 0) is 32.9 Å². The van der Waals surface area contributed by atoms with Gasteiger partial charge in [0.1, 0.15) is 0 Å². The quantitative estimate of drug-likeness (QED) is 0.914. The van der Waals surface area contributed by atoms with E-state index in [1.807, 2.05) is 32.9 Å². The van der Waals surface area contributed by atoms with Gasteiger partial charge in [-0.3, -0.25) is 9.59 Å². The fraction of sp³-hybridized carbons (Fsp3) is 0.500. The molecule has 0 spiro atoms. The summed E-state index contributed by atoms with van der Waals surface area (Å²) >= 11 is 0. The molecule has 1 aromatic carbocycles. The van der Waals surface area contributed by atoms with E-state index in [0.717, 1.165) is 5.56 Å². The Hall–Kier alpha value is -1.88. The van der Waals surface area contributed by atoms with Crippen LogP contribution in [0.15, 0.2) is 24.3 Å². The summed E-state index contributed by atoms with van der Waals surface area (Å²) in [5, 5.41) is 2.67. The summed E-state index contributed by atoms with van der Waals surface area (Å²) in [7, 11) is 0. The van der Waals surface area contributed by atoms with Gasteiger partial charge < -0.3 is 15.0 Å². The Balaban J connectivity index is 1.86. The van der Waals surface area contributed by atoms with E-state index in [2.05, 4.69) is 5.32 Å². The van der Waals surface area contributed by atoms with Crippen molar-refractivity contribution in [3.8, 4) is 0 Å². The average molecular weight is 290 g/mol. The summed E-state index contributed by atoms with van der Waals surface area (Å²) < 4.78 is 5.59. The summed E-state index contributed by atoms with van der Waals surface area (Å²) in [4.78, 5) is 25.8. The summed E-state index contributed by atoms with van der Waals surface area (Å²) in [6.07, 6.45) is 0.0657. The minimum absolute atomic E-state index is 0.0200. The lowest BCUT2D eigenvalue weighted by Gasteiger charge is -2.35. The third-order valence-electron chi connectivity index (χ3n) is 3.49. The minimum Gasteiger partial charge on any atom is -0.372 e. The molecule has 0 aliphatic carbocycles. The van der Waals surface area contributed by atoms with Gasteiger partial charge in [0, 0.05) is 18.7 Å². The van der Waals surface area contributed by atoms with Gasteiger partial charge in [-0.25, -0.2) is 0 Å². The van der Waals surface area contributed by atoms with Crippen molar-refractivity contribution < 1.29 is 14.3 Å². The van der Waals surface area contributed by atoms with Crippen LogP contribution in [-0.2, 0) is 9.53 Å². The molecule has 1 fully saturated rings. The van der Waals surface area contributed by atoms with Crippen LogP contribution in [0, 0.1) is 6.92 Å². The van der Waals surface area contributed by atoms with Crippen LogP contribution < -0.4 is 5.32 Å². The zero-order chi connectivity index (χ0) is 15.4. The van der Waals surface area contributed by atoms with Crippen molar-refractivity contribution in [2.24, 2.45) is 0 Å². The number of nitrogens with one attached hydrogen (secondary N) is 1. The molecular weight excluding hydrogens is 268 g/mol. The zero-order valence-electron chi connectivity index (χ0n) is 12.8. The van der Waals surface area contributed by atoms with Crippen molar-refractivity contribution in [2.45, 2.75) is 33.0 Å². The largest absolute Gasteiger partial charge is 0.372 e. The smallest absolute Gasteiger partial charge is 0.251 e. The number of morpholine rings is 1. The highest BCUT2D eigenvalue weighted by molar-refractivity contribution is 5.96. The lowest BCUT2D eigenvalue weighted by Crippen LogP contribution is -2.51. The van der Waals surface area contributed by atoms with Crippen molar-refractivity contribution >= 4 is 11.8 Å². The third-order valence-corrected chi connectivity index (χ3v) is 3.49. The number of carbonyl (C=O) groups is 2. The van der Waals surface area contributed by atoms with Crippen LogP contribution in [0.1, 0.15) is 29.8 Å². The van der Waals surface area contributed by atoms with E-state index in [1.54, 1.807) is 17.0 Å². The number of ether oxygens (including phenoxy) is 1. The predicted octanol–water partition coefficient (Wildman–Crippen LogP) is 1.36. The van der Waals surface area contributed by atoms with Crippen molar-refractivity contribution in [1.29, 1.82) is 0 Å². The topological polar surface area (TPSA) is 58.6 Å². The van der Waals surface area contributed by atoms with Gasteiger partial charge in [0.15, 0.2) is 0 Å². The maximum absolute atomic E-state index is 12.1. The highest BCUT2D eigenvalue weighted by Gasteiger charge is 2.25. The molecule has 5 nitrogen and oxygen atoms in total. The molecule has 1 heterocycles. The fourth-order valence-electron chi connectivity index (χ4n) is 2.46. The van der Waals surface area contributed by atoms with Crippen molar-refractivity contribution in [2.75, 3.05) is 19.6 Å². The van der Waals surface area contributed by atoms with Gasteiger partial charge in [0.2, 0.25) is 5.91 Å². The van der Waals surface area contributed by atoms with Gasteiger partial charge in [-0.1, -0.05) is 17.7 Å². The molecule has 114 valence electrons. The molecule has 2 unspecified atom stereocenters. The normalized spacial score (nSPS) is 22.0. The molecule has 5 heteroatoms. The molecule has 2 rings (SSSR count). The second kappa shape index (κ2) is 6.72. The van der Waals surface area contributed by atoms with E-state index in [-0.39, 0.29) is 30.6 Å². The Morgan fingerprint density at radius 2 is 1.76 bits per heavy atom. The van der Waals surface area contributed by atoms with Gasteiger partial charge >= 0.3 is 0 Å². The molecule has 1 N–H and O–H groups in total. The molecule has 2 amide bonds. The van der Waals surface area contributed by atoms with Gasteiger partial charge in [0.05, 0.1) is 18.8 Å². The number of hydrogen-bond acceptors (Lipinski definition) is 3. The molecule has 21 heavy (non-hydrogen) atoms. The van der Waals surface area contributed by atoms with E-state index in [0.29, 0.717) is 18.7 Å². The highest BCUT2D eigenvalue weighted by Crippen LogP contribution is 2.10. The first-order valence-electron chi connectivity index (χ1n) is 7.24. The Bertz CT molecular complexity index is 503. The fourth-order valence-corrected chi connectivity index (χ4v) is 2.46. The van der Waals surface area contributed by atoms with E-state index in [4.69, 9.17) is 4.74 Å². The van der Waals surface area contributed by atoms with E-state index < -0.39 is 0 Å². The van der Waals surface area contributed by atoms with E-state index in [9.17, 15) is 9.59 Å². The highest BCUT2D eigenvalue weighted by atomic mass is 16.5. The first kappa shape index (κ1) is 15.5. The SMILES string of the molecule is Cc1ccc(C(=O)NCC(=O)N2CC(C)OC(C)C2)cc1. The summed E-state index contributed by atoms with van der Waals surface area (Å²) in [5.74, 6) is -0.296. The van der Waals surface area contributed by atoms with Crippen molar-refractivity contribution in [1.82, 2.24) is 10.2 Å². The molecule has 0 radical (unpaired) electrons. The minimum atomic E-state index is -0.224. The number of carbonyl (C=O) groups excluding carboxylic acids is 2. The van der Waals surface area contributed by atoms with E-state index in [1.165, 1.54) is 0 Å². The number of rotatable bonds is 3. The number of nitrogens with zero attached hydrogens (tertiary/aromatic N) is 1. The lowest BCUT2D eigenvalue weighted by atomic mass is 10.1. The molecule has 0 saturated carbocycles. The molecule has 1 aliphatic heterocycles. The molecule has 1 saturated heterocycles. The molecule has 1 aliphatic rings. The first-order chi connectivity index (χ1) is 9.95. The van der Waals surface area contributed by atoms with Crippen LogP contribution in [0.2, 0.25) is 0 Å². The Morgan fingerprint density at radius 1 is 1.19 bits per heavy atom. The zero-order valence-corrected chi connectivity index (χ0v) is 12.8. The molecule has 1 aromatic rings. The first-order valence-corrected chi connectivity index (χ1v) is 7.24. The maximum Gasteiger partial charge on any atom is 0.251 e.